The molecule has 108 valence electrons. The van der Waals surface area contributed by atoms with Gasteiger partial charge in [-0.3, -0.25) is 9.59 Å². The topological polar surface area (TPSA) is 81.4 Å². The Morgan fingerprint density at radius 1 is 1.20 bits per heavy atom. The number of primary amides is 1. The van der Waals surface area contributed by atoms with Crippen molar-refractivity contribution in [3.05, 3.63) is 24.3 Å². The van der Waals surface area contributed by atoms with Gasteiger partial charge in [0.2, 0.25) is 11.8 Å². The van der Waals surface area contributed by atoms with Crippen molar-refractivity contribution in [1.29, 1.82) is 0 Å². The maximum absolute atomic E-state index is 11.4. The first-order valence-electron chi connectivity index (χ1n) is 6.84. The van der Waals surface area contributed by atoms with E-state index in [4.69, 9.17) is 10.5 Å². The minimum absolute atomic E-state index is 0.123. The van der Waals surface area contributed by atoms with Gasteiger partial charge in [-0.15, -0.1) is 0 Å². The third-order valence-electron chi connectivity index (χ3n) is 3.27. The van der Waals surface area contributed by atoms with Gasteiger partial charge >= 0.3 is 0 Å². The summed E-state index contributed by atoms with van der Waals surface area (Å²) in [6.45, 7) is 0. The number of anilines is 1. The van der Waals surface area contributed by atoms with E-state index in [1.807, 2.05) is 24.3 Å². The third kappa shape index (κ3) is 4.57. The average molecular weight is 276 g/mol. The molecule has 0 radical (unpaired) electrons. The zero-order valence-electron chi connectivity index (χ0n) is 11.6. The van der Waals surface area contributed by atoms with Crippen LogP contribution in [0.5, 0.6) is 5.75 Å². The number of rotatable bonds is 4. The summed E-state index contributed by atoms with van der Waals surface area (Å²) in [5.41, 5.74) is 5.67. The summed E-state index contributed by atoms with van der Waals surface area (Å²) in [4.78, 5) is 21.4. The van der Waals surface area contributed by atoms with Crippen molar-refractivity contribution in [1.82, 2.24) is 0 Å². The van der Waals surface area contributed by atoms with Crippen molar-refractivity contribution < 1.29 is 14.3 Å². The third-order valence-corrected chi connectivity index (χ3v) is 3.27. The maximum atomic E-state index is 11.4. The average Bonchev–Trinajstić information content (AvgIpc) is 3.32. The monoisotopic (exact) mass is 276 g/mol. The van der Waals surface area contributed by atoms with Gasteiger partial charge in [0.05, 0.1) is 7.11 Å². The van der Waals surface area contributed by atoms with Gasteiger partial charge in [-0.05, 0) is 37.8 Å². The highest BCUT2D eigenvalue weighted by Crippen LogP contribution is 2.30. The Labute approximate surface area is 118 Å². The molecule has 5 heteroatoms. The summed E-state index contributed by atoms with van der Waals surface area (Å²) in [6.07, 6.45) is 4.09. The van der Waals surface area contributed by atoms with Crippen LogP contribution in [0.2, 0.25) is 0 Å². The van der Waals surface area contributed by atoms with Gasteiger partial charge in [0.15, 0.2) is 0 Å². The molecule has 0 spiro atoms. The molecule has 3 N–H and O–H groups in total. The van der Waals surface area contributed by atoms with E-state index in [-0.39, 0.29) is 23.7 Å². The molecule has 2 aliphatic carbocycles. The molecular formula is C15H20N2O3. The summed E-state index contributed by atoms with van der Waals surface area (Å²) >= 11 is 0. The molecule has 0 aliphatic heterocycles. The molecule has 20 heavy (non-hydrogen) atoms. The molecule has 0 heterocycles. The molecule has 2 amide bonds. The van der Waals surface area contributed by atoms with Gasteiger partial charge in [-0.1, -0.05) is 6.07 Å². The summed E-state index contributed by atoms with van der Waals surface area (Å²) in [6, 6.07) is 7.40. The molecule has 0 bridgehead atoms. The van der Waals surface area contributed by atoms with Gasteiger partial charge in [0, 0.05) is 23.6 Å². The standard InChI is InChI=1S/C11H13NO2.C4H7NO/c1-14-10-4-2-3-9(7-10)12-11(13)8-5-6-8;5-4(6)3-1-2-3/h2-4,7-8H,5-6H2,1H3,(H,12,13);3H,1-2H2,(H2,5,6). The second-order valence-electron chi connectivity index (χ2n) is 5.17. The molecule has 3 rings (SSSR count). The van der Waals surface area contributed by atoms with Gasteiger partial charge in [0.25, 0.3) is 0 Å². The van der Waals surface area contributed by atoms with Crippen LogP contribution in [0.1, 0.15) is 25.7 Å². The molecule has 1 aromatic carbocycles. The van der Waals surface area contributed by atoms with Crippen molar-refractivity contribution in [2.45, 2.75) is 25.7 Å². The Bertz CT molecular complexity index is 494. The van der Waals surface area contributed by atoms with E-state index >= 15 is 0 Å². The molecule has 2 aliphatic rings. The van der Waals surface area contributed by atoms with Crippen LogP contribution in [0.3, 0.4) is 0 Å². The summed E-state index contributed by atoms with van der Waals surface area (Å²) in [5, 5.41) is 2.86. The zero-order chi connectivity index (χ0) is 14.5. The molecule has 2 saturated carbocycles. The quantitative estimate of drug-likeness (QED) is 0.881. The van der Waals surface area contributed by atoms with E-state index in [0.717, 1.165) is 37.1 Å². The highest BCUT2D eigenvalue weighted by molar-refractivity contribution is 5.94. The number of methoxy groups -OCH3 is 1. The number of nitrogens with two attached hydrogens (primary N) is 1. The van der Waals surface area contributed by atoms with Crippen LogP contribution < -0.4 is 15.8 Å². The van der Waals surface area contributed by atoms with Gasteiger partial charge in [-0.25, -0.2) is 0 Å². The molecule has 0 atom stereocenters. The Morgan fingerprint density at radius 2 is 1.85 bits per heavy atom. The number of carbonyl (C=O) groups excluding carboxylic acids is 2. The van der Waals surface area contributed by atoms with E-state index in [2.05, 4.69) is 5.32 Å². The lowest BCUT2D eigenvalue weighted by Crippen LogP contribution is -2.13. The van der Waals surface area contributed by atoms with Gasteiger partial charge < -0.3 is 15.8 Å². The number of amides is 2. The predicted octanol–water partition coefficient (Wildman–Crippen LogP) is 1.93. The Balaban J connectivity index is 0.000000205. The van der Waals surface area contributed by atoms with Crippen LogP contribution in [-0.4, -0.2) is 18.9 Å². The molecule has 0 saturated heterocycles. The van der Waals surface area contributed by atoms with Crippen LogP contribution in [0.15, 0.2) is 24.3 Å². The van der Waals surface area contributed by atoms with Gasteiger partial charge in [-0.2, -0.15) is 0 Å². The highest BCUT2D eigenvalue weighted by Gasteiger charge is 2.29. The molecule has 5 nitrogen and oxygen atoms in total. The maximum Gasteiger partial charge on any atom is 0.227 e. The lowest BCUT2D eigenvalue weighted by atomic mass is 10.3. The first-order valence-corrected chi connectivity index (χ1v) is 6.84. The summed E-state index contributed by atoms with van der Waals surface area (Å²) in [5.74, 6) is 1.23. The normalized spacial score (nSPS) is 16.6. The van der Waals surface area contributed by atoms with Crippen LogP contribution in [0, 0.1) is 11.8 Å². The number of nitrogens with one attached hydrogen (secondary N) is 1. The second-order valence-corrected chi connectivity index (χ2v) is 5.17. The lowest BCUT2D eigenvalue weighted by Gasteiger charge is -2.05. The zero-order valence-corrected chi connectivity index (χ0v) is 11.6. The fourth-order valence-corrected chi connectivity index (χ4v) is 1.66. The molecule has 0 aromatic heterocycles. The molecular weight excluding hydrogens is 256 g/mol. The van der Waals surface area contributed by atoms with Crippen molar-refractivity contribution in [2.75, 3.05) is 12.4 Å². The fourth-order valence-electron chi connectivity index (χ4n) is 1.66. The Kier molecular flexibility index (Phi) is 4.61. The fraction of sp³-hybridized carbons (Fsp3) is 0.467. The lowest BCUT2D eigenvalue weighted by molar-refractivity contribution is -0.119. The number of hydrogen-bond acceptors (Lipinski definition) is 3. The largest absolute Gasteiger partial charge is 0.497 e. The SMILES string of the molecule is COc1cccc(NC(=O)C2CC2)c1.NC(=O)C1CC1. The second kappa shape index (κ2) is 6.41. The van der Waals surface area contributed by atoms with E-state index in [1.165, 1.54) is 0 Å². The Morgan fingerprint density at radius 3 is 2.30 bits per heavy atom. The van der Waals surface area contributed by atoms with Gasteiger partial charge in [0.1, 0.15) is 5.75 Å². The predicted molar refractivity (Wildman–Crippen MR) is 76.3 cm³/mol. The van der Waals surface area contributed by atoms with E-state index in [1.54, 1.807) is 7.11 Å². The molecule has 0 unspecified atom stereocenters. The van der Waals surface area contributed by atoms with E-state index in [9.17, 15) is 9.59 Å². The van der Waals surface area contributed by atoms with Crippen LogP contribution in [-0.2, 0) is 9.59 Å². The van der Waals surface area contributed by atoms with Crippen molar-refractivity contribution >= 4 is 17.5 Å². The smallest absolute Gasteiger partial charge is 0.227 e. The van der Waals surface area contributed by atoms with Crippen LogP contribution >= 0.6 is 0 Å². The van der Waals surface area contributed by atoms with E-state index in [0.29, 0.717) is 0 Å². The molecule has 2 fully saturated rings. The minimum atomic E-state index is -0.130. The number of benzene rings is 1. The number of carbonyl (C=O) groups is 2. The highest BCUT2D eigenvalue weighted by atomic mass is 16.5. The van der Waals surface area contributed by atoms with E-state index < -0.39 is 0 Å². The van der Waals surface area contributed by atoms with Crippen molar-refractivity contribution in [2.24, 2.45) is 17.6 Å². The first-order chi connectivity index (χ1) is 9.60. The van der Waals surface area contributed by atoms with Crippen molar-refractivity contribution in [3.8, 4) is 5.75 Å². The summed E-state index contributed by atoms with van der Waals surface area (Å²) < 4.78 is 5.06. The van der Waals surface area contributed by atoms with Crippen LogP contribution in [0.4, 0.5) is 5.69 Å². The summed E-state index contributed by atoms with van der Waals surface area (Å²) in [7, 11) is 1.61. The minimum Gasteiger partial charge on any atom is -0.497 e. The molecule has 1 aromatic rings. The number of ether oxygens (including phenoxy) is 1. The number of hydrogen-bond donors (Lipinski definition) is 2. The van der Waals surface area contributed by atoms with Crippen molar-refractivity contribution in [3.63, 3.8) is 0 Å². The van der Waals surface area contributed by atoms with Crippen LogP contribution in [0.25, 0.3) is 0 Å². The first kappa shape index (κ1) is 14.4. The Hall–Kier alpha value is -2.04.